The SMILES string of the molecule is CCOC=O.NC1CC1c1ccccn1. The van der Waals surface area contributed by atoms with Crippen molar-refractivity contribution in [3.8, 4) is 0 Å². The summed E-state index contributed by atoms with van der Waals surface area (Å²) in [6.07, 6.45) is 2.93. The molecular formula is C11H16N2O2. The lowest BCUT2D eigenvalue weighted by Gasteiger charge is -1.93. The number of ether oxygens (including phenoxy) is 1. The average molecular weight is 208 g/mol. The number of nitrogens with zero attached hydrogens (tertiary/aromatic N) is 1. The Bertz CT molecular complexity index is 290. The van der Waals surface area contributed by atoms with Gasteiger partial charge in [0.05, 0.1) is 6.61 Å². The van der Waals surface area contributed by atoms with E-state index in [9.17, 15) is 4.79 Å². The summed E-state index contributed by atoms with van der Waals surface area (Å²) >= 11 is 0. The lowest BCUT2D eigenvalue weighted by atomic mass is 10.2. The number of pyridine rings is 1. The van der Waals surface area contributed by atoms with Gasteiger partial charge in [-0.25, -0.2) is 0 Å². The molecule has 0 bridgehead atoms. The fourth-order valence-corrected chi connectivity index (χ4v) is 1.22. The van der Waals surface area contributed by atoms with Gasteiger partial charge in [0.15, 0.2) is 0 Å². The molecule has 1 aromatic rings. The van der Waals surface area contributed by atoms with E-state index in [1.165, 1.54) is 0 Å². The summed E-state index contributed by atoms with van der Waals surface area (Å²) in [5.74, 6) is 0.543. The van der Waals surface area contributed by atoms with Gasteiger partial charge >= 0.3 is 0 Å². The topological polar surface area (TPSA) is 65.2 Å². The highest BCUT2D eigenvalue weighted by molar-refractivity contribution is 5.36. The van der Waals surface area contributed by atoms with E-state index in [0.29, 0.717) is 25.0 Å². The molecular weight excluding hydrogens is 192 g/mol. The van der Waals surface area contributed by atoms with E-state index in [-0.39, 0.29) is 0 Å². The van der Waals surface area contributed by atoms with Crippen LogP contribution in [-0.2, 0) is 9.53 Å². The summed E-state index contributed by atoms with van der Waals surface area (Å²) in [6, 6.07) is 6.34. The Hall–Kier alpha value is -1.42. The normalized spacial score (nSPS) is 22.3. The highest BCUT2D eigenvalue weighted by atomic mass is 16.5. The van der Waals surface area contributed by atoms with Crippen LogP contribution in [0.3, 0.4) is 0 Å². The zero-order valence-corrected chi connectivity index (χ0v) is 8.80. The van der Waals surface area contributed by atoms with Crippen LogP contribution >= 0.6 is 0 Å². The highest BCUT2D eigenvalue weighted by Gasteiger charge is 2.35. The summed E-state index contributed by atoms with van der Waals surface area (Å²) in [5.41, 5.74) is 6.81. The molecule has 15 heavy (non-hydrogen) atoms. The highest BCUT2D eigenvalue weighted by Crippen LogP contribution is 2.37. The van der Waals surface area contributed by atoms with Crippen LogP contribution in [0, 0.1) is 0 Å². The van der Waals surface area contributed by atoms with Gasteiger partial charge in [0.25, 0.3) is 6.47 Å². The monoisotopic (exact) mass is 208 g/mol. The lowest BCUT2D eigenvalue weighted by Crippen LogP contribution is -2.01. The summed E-state index contributed by atoms with van der Waals surface area (Å²) in [5, 5.41) is 0. The van der Waals surface area contributed by atoms with Crippen molar-refractivity contribution >= 4 is 6.47 Å². The van der Waals surface area contributed by atoms with E-state index in [1.54, 1.807) is 6.92 Å². The third-order valence-electron chi connectivity index (χ3n) is 2.14. The van der Waals surface area contributed by atoms with Crippen LogP contribution in [0.4, 0.5) is 0 Å². The molecule has 2 unspecified atom stereocenters. The van der Waals surface area contributed by atoms with Crippen molar-refractivity contribution < 1.29 is 9.53 Å². The molecule has 1 saturated carbocycles. The number of hydrogen-bond acceptors (Lipinski definition) is 4. The lowest BCUT2D eigenvalue weighted by molar-refractivity contribution is -0.128. The van der Waals surface area contributed by atoms with E-state index in [1.807, 2.05) is 24.4 Å². The first-order valence-corrected chi connectivity index (χ1v) is 5.01. The number of hydrogen-bond donors (Lipinski definition) is 1. The van der Waals surface area contributed by atoms with Crippen LogP contribution < -0.4 is 5.73 Å². The Morgan fingerprint density at radius 2 is 2.40 bits per heavy atom. The van der Waals surface area contributed by atoms with E-state index in [4.69, 9.17) is 5.73 Å². The van der Waals surface area contributed by atoms with Crippen LogP contribution in [0.25, 0.3) is 0 Å². The molecule has 4 heteroatoms. The fraction of sp³-hybridized carbons (Fsp3) is 0.455. The minimum Gasteiger partial charge on any atom is -0.468 e. The van der Waals surface area contributed by atoms with Crippen LogP contribution in [0.1, 0.15) is 25.0 Å². The van der Waals surface area contributed by atoms with Gasteiger partial charge in [-0.3, -0.25) is 9.78 Å². The van der Waals surface area contributed by atoms with Crippen molar-refractivity contribution in [3.63, 3.8) is 0 Å². The molecule has 1 fully saturated rings. The molecule has 0 radical (unpaired) electrons. The van der Waals surface area contributed by atoms with E-state index in [0.717, 1.165) is 12.1 Å². The average Bonchev–Trinajstić information content (AvgIpc) is 2.99. The van der Waals surface area contributed by atoms with Gasteiger partial charge in [0, 0.05) is 23.9 Å². The fourth-order valence-electron chi connectivity index (χ4n) is 1.22. The second-order valence-corrected chi connectivity index (χ2v) is 3.31. The molecule has 2 N–H and O–H groups in total. The number of aromatic nitrogens is 1. The molecule has 4 nitrogen and oxygen atoms in total. The second-order valence-electron chi connectivity index (χ2n) is 3.31. The maximum Gasteiger partial charge on any atom is 0.293 e. The third-order valence-corrected chi connectivity index (χ3v) is 2.14. The molecule has 1 aliphatic rings. The zero-order chi connectivity index (χ0) is 11.1. The van der Waals surface area contributed by atoms with Gasteiger partial charge in [-0.15, -0.1) is 0 Å². The number of carbonyl (C=O) groups is 1. The van der Waals surface area contributed by atoms with Gasteiger partial charge < -0.3 is 10.5 Å². The van der Waals surface area contributed by atoms with Crippen molar-refractivity contribution in [3.05, 3.63) is 30.1 Å². The van der Waals surface area contributed by atoms with Crippen molar-refractivity contribution in [1.82, 2.24) is 4.98 Å². The molecule has 0 saturated heterocycles. The Balaban J connectivity index is 0.000000195. The quantitative estimate of drug-likeness (QED) is 0.755. The Morgan fingerprint density at radius 3 is 2.73 bits per heavy atom. The Kier molecular flexibility index (Phi) is 4.77. The number of rotatable bonds is 3. The minimum atomic E-state index is 0.370. The third kappa shape index (κ3) is 4.08. The van der Waals surface area contributed by atoms with Crippen LogP contribution in [0.15, 0.2) is 24.4 Å². The van der Waals surface area contributed by atoms with E-state index >= 15 is 0 Å². The van der Waals surface area contributed by atoms with Gasteiger partial charge in [-0.2, -0.15) is 0 Å². The van der Waals surface area contributed by atoms with Crippen molar-refractivity contribution in [1.29, 1.82) is 0 Å². The predicted molar refractivity (Wildman–Crippen MR) is 57.3 cm³/mol. The molecule has 0 aromatic carbocycles. The van der Waals surface area contributed by atoms with E-state index in [2.05, 4.69) is 9.72 Å². The summed E-state index contributed by atoms with van der Waals surface area (Å²) in [7, 11) is 0. The summed E-state index contributed by atoms with van der Waals surface area (Å²) in [6.45, 7) is 2.66. The van der Waals surface area contributed by atoms with Gasteiger partial charge in [-0.05, 0) is 25.5 Å². The molecule has 1 heterocycles. The molecule has 1 aromatic heterocycles. The zero-order valence-electron chi connectivity index (χ0n) is 8.80. The first-order chi connectivity index (χ1) is 7.29. The first-order valence-electron chi connectivity index (χ1n) is 5.01. The molecule has 82 valence electrons. The van der Waals surface area contributed by atoms with Gasteiger partial charge in [0.2, 0.25) is 0 Å². The number of carbonyl (C=O) groups excluding carboxylic acids is 1. The smallest absolute Gasteiger partial charge is 0.293 e. The largest absolute Gasteiger partial charge is 0.468 e. The van der Waals surface area contributed by atoms with Crippen molar-refractivity contribution in [2.45, 2.75) is 25.3 Å². The van der Waals surface area contributed by atoms with Crippen molar-refractivity contribution in [2.75, 3.05) is 6.61 Å². The summed E-state index contributed by atoms with van der Waals surface area (Å²) in [4.78, 5) is 13.4. The molecule has 2 atom stereocenters. The van der Waals surface area contributed by atoms with Gasteiger partial charge in [0.1, 0.15) is 0 Å². The van der Waals surface area contributed by atoms with Crippen LogP contribution in [-0.4, -0.2) is 24.1 Å². The minimum absolute atomic E-state index is 0.370. The standard InChI is InChI=1S/C8H10N2.C3H6O2/c9-7-5-6(7)8-3-1-2-4-10-8;1-2-5-3-4/h1-4,6-7H,5,9H2;3H,2H2,1H3. The molecule has 0 aliphatic heterocycles. The second kappa shape index (κ2) is 6.14. The maximum absolute atomic E-state index is 9.18. The molecule has 0 amide bonds. The molecule has 0 spiro atoms. The first kappa shape index (κ1) is 11.7. The van der Waals surface area contributed by atoms with Crippen molar-refractivity contribution in [2.24, 2.45) is 5.73 Å². The molecule has 1 aliphatic carbocycles. The number of nitrogens with two attached hydrogens (primary N) is 1. The van der Waals surface area contributed by atoms with Crippen LogP contribution in [0.2, 0.25) is 0 Å². The van der Waals surface area contributed by atoms with Crippen LogP contribution in [0.5, 0.6) is 0 Å². The maximum atomic E-state index is 9.18. The molecule has 2 rings (SSSR count). The Morgan fingerprint density at radius 1 is 1.67 bits per heavy atom. The predicted octanol–water partition coefficient (Wildman–Crippen LogP) is 1.08. The van der Waals surface area contributed by atoms with Gasteiger partial charge in [-0.1, -0.05) is 6.07 Å². The summed E-state index contributed by atoms with van der Waals surface area (Å²) < 4.78 is 4.15. The van der Waals surface area contributed by atoms with E-state index < -0.39 is 0 Å². The Labute approximate surface area is 89.5 Å².